The van der Waals surface area contributed by atoms with E-state index < -0.39 is 5.97 Å². The Bertz CT molecular complexity index is 1430. The molecule has 0 spiro atoms. The van der Waals surface area contributed by atoms with Crippen molar-refractivity contribution < 1.29 is 33.3 Å². The number of nitrogens with zero attached hydrogens (tertiary/aromatic N) is 1. The molecule has 11 nitrogen and oxygen atoms in total. The molecule has 0 amide bonds. The van der Waals surface area contributed by atoms with Crippen molar-refractivity contribution >= 4 is 39.5 Å². The van der Waals surface area contributed by atoms with Gasteiger partial charge in [-0.1, -0.05) is 28.1 Å². The lowest BCUT2D eigenvalue weighted by Gasteiger charge is -2.14. The molecular formula is C30H35BrN4O7. The summed E-state index contributed by atoms with van der Waals surface area (Å²) in [6.45, 7) is 6.24. The van der Waals surface area contributed by atoms with E-state index in [-0.39, 0.29) is 22.4 Å². The highest BCUT2D eigenvalue weighted by atomic mass is 79.9. The van der Waals surface area contributed by atoms with Gasteiger partial charge in [0.1, 0.15) is 11.7 Å². The summed E-state index contributed by atoms with van der Waals surface area (Å²) in [7, 11) is 2.69. The summed E-state index contributed by atoms with van der Waals surface area (Å²) < 4.78 is 19.7. The Balaban J connectivity index is 0.000000191. The number of nitrogen functional groups attached to an aromatic ring is 1. The number of nitrogens with two attached hydrogens (primary N) is 1. The van der Waals surface area contributed by atoms with Gasteiger partial charge in [0.05, 0.1) is 68.0 Å². The molecule has 3 heterocycles. The van der Waals surface area contributed by atoms with Crippen LogP contribution in [0.2, 0.25) is 0 Å². The largest absolute Gasteiger partial charge is 0.465 e. The van der Waals surface area contributed by atoms with E-state index in [9.17, 15) is 14.4 Å². The first kappa shape index (κ1) is 32.6. The number of hydrogen-bond acceptors (Lipinski definition) is 9. The van der Waals surface area contributed by atoms with Gasteiger partial charge in [0.2, 0.25) is 0 Å². The maximum atomic E-state index is 11.6. The van der Waals surface area contributed by atoms with Gasteiger partial charge in [0.15, 0.2) is 5.78 Å². The average molecular weight is 644 g/mol. The Morgan fingerprint density at radius 3 is 2.17 bits per heavy atom. The number of Topliss-reactive ketones (excluding diaryl/α,β-unsaturated/α-hetero) is 1. The Morgan fingerprint density at radius 2 is 1.62 bits per heavy atom. The number of ketones is 1. The first-order valence-electron chi connectivity index (χ1n) is 13.2. The Morgan fingerprint density at radius 1 is 1.00 bits per heavy atom. The molecule has 1 aromatic heterocycles. The third-order valence-electron chi connectivity index (χ3n) is 6.56. The van der Waals surface area contributed by atoms with E-state index >= 15 is 0 Å². The lowest BCUT2D eigenvalue weighted by molar-refractivity contribution is -0.123. The number of hydrogen-bond donors (Lipinski definition) is 3. The lowest BCUT2D eigenvalue weighted by Crippen LogP contribution is -2.27. The molecule has 0 saturated carbocycles. The normalized spacial score (nSPS) is 15.6. The van der Waals surface area contributed by atoms with Crippen LogP contribution in [0.1, 0.15) is 55.2 Å². The average Bonchev–Trinajstić information content (AvgIpc) is 3.43. The minimum Gasteiger partial charge on any atom is -0.465 e. The van der Waals surface area contributed by atoms with Crippen LogP contribution in [0.5, 0.6) is 0 Å². The Labute approximate surface area is 252 Å². The number of H-pyrrole nitrogens is 1. The SMILES string of the molecule is COC(=O)c1ccc(C)c(-c2nc3c([nH]2)COCC3)c1.COC(=O)c1ccc(C)c(C(=N)N)c1.O=C1CCOCC1Br. The van der Waals surface area contributed by atoms with Crippen molar-refractivity contribution in [2.24, 2.45) is 5.73 Å². The molecule has 2 aliphatic rings. The van der Waals surface area contributed by atoms with Gasteiger partial charge in [0, 0.05) is 24.0 Å². The predicted molar refractivity (Wildman–Crippen MR) is 160 cm³/mol. The molecule has 2 aliphatic heterocycles. The van der Waals surface area contributed by atoms with E-state index in [1.807, 2.05) is 26.0 Å². The molecule has 0 bridgehead atoms. The molecule has 42 heavy (non-hydrogen) atoms. The van der Waals surface area contributed by atoms with Crippen LogP contribution < -0.4 is 5.73 Å². The standard InChI is InChI=1S/C15H16N2O3.C10H12N2O2.C5H7BrO2/c1-9-3-4-10(15(18)19-2)7-11(9)14-16-12-5-6-20-8-13(12)17-14;1-6-3-4-7(10(13)14-2)5-8(6)9(11)12;6-4-3-8-2-1-5(4)7/h3-4,7H,5-6,8H2,1-2H3,(H,16,17);3-5H,1-2H3,(H3,11,12);4H,1-3H2. The van der Waals surface area contributed by atoms with E-state index in [0.717, 1.165) is 40.3 Å². The van der Waals surface area contributed by atoms with Crippen LogP contribution in [-0.4, -0.2) is 72.4 Å². The maximum absolute atomic E-state index is 11.6. The molecule has 12 heteroatoms. The van der Waals surface area contributed by atoms with E-state index in [1.54, 1.807) is 24.3 Å². The number of aromatic nitrogens is 2. The molecule has 224 valence electrons. The highest BCUT2D eigenvalue weighted by molar-refractivity contribution is 9.10. The molecule has 2 aromatic carbocycles. The highest BCUT2D eigenvalue weighted by Gasteiger charge is 2.19. The van der Waals surface area contributed by atoms with Crippen LogP contribution in [0.3, 0.4) is 0 Å². The number of imidazole rings is 1. The number of benzene rings is 2. The number of fused-ring (bicyclic) bond motifs is 1. The van der Waals surface area contributed by atoms with Crippen LogP contribution >= 0.6 is 15.9 Å². The van der Waals surface area contributed by atoms with Gasteiger partial charge in [-0.3, -0.25) is 10.2 Å². The third-order valence-corrected chi connectivity index (χ3v) is 7.34. The first-order valence-corrected chi connectivity index (χ1v) is 14.1. The zero-order valence-corrected chi connectivity index (χ0v) is 25.6. The second-order valence-corrected chi connectivity index (χ2v) is 10.6. The summed E-state index contributed by atoms with van der Waals surface area (Å²) in [5.41, 5.74) is 11.8. The second-order valence-electron chi connectivity index (χ2n) is 9.53. The Kier molecular flexibility index (Phi) is 12.0. The minimum atomic E-state index is -0.424. The molecule has 1 unspecified atom stereocenters. The van der Waals surface area contributed by atoms with Crippen molar-refractivity contribution in [2.75, 3.05) is 34.0 Å². The van der Waals surface area contributed by atoms with Crippen LogP contribution in [-0.2, 0) is 36.8 Å². The van der Waals surface area contributed by atoms with Crippen LogP contribution in [0.25, 0.3) is 11.4 Å². The van der Waals surface area contributed by atoms with E-state index in [4.69, 9.17) is 25.4 Å². The van der Waals surface area contributed by atoms with Gasteiger partial charge in [0.25, 0.3) is 0 Å². The van der Waals surface area contributed by atoms with Gasteiger partial charge in [-0.2, -0.15) is 0 Å². The number of methoxy groups -OCH3 is 2. The number of amidine groups is 1. The number of aromatic amines is 1. The highest BCUT2D eigenvalue weighted by Crippen LogP contribution is 2.25. The van der Waals surface area contributed by atoms with Crippen molar-refractivity contribution in [3.63, 3.8) is 0 Å². The van der Waals surface area contributed by atoms with E-state index in [0.29, 0.717) is 49.5 Å². The summed E-state index contributed by atoms with van der Waals surface area (Å²) in [5.74, 6) is 0.228. The fourth-order valence-corrected chi connectivity index (χ4v) is 4.55. The number of rotatable bonds is 4. The maximum Gasteiger partial charge on any atom is 0.337 e. The molecule has 1 saturated heterocycles. The lowest BCUT2D eigenvalue weighted by atomic mass is 10.0. The predicted octanol–water partition coefficient (Wildman–Crippen LogP) is 4.05. The molecule has 4 N–H and O–H groups in total. The van der Waals surface area contributed by atoms with Crippen LogP contribution in [0.15, 0.2) is 36.4 Å². The number of nitrogens with one attached hydrogen (secondary N) is 2. The summed E-state index contributed by atoms with van der Waals surface area (Å²) in [6.07, 6.45) is 1.39. The third kappa shape index (κ3) is 8.57. The van der Waals surface area contributed by atoms with Crippen molar-refractivity contribution in [3.05, 3.63) is 75.6 Å². The quantitative estimate of drug-likeness (QED) is 0.165. The summed E-state index contributed by atoms with van der Waals surface area (Å²) in [4.78, 5) is 41.3. The number of alkyl halides is 1. The van der Waals surface area contributed by atoms with E-state index in [2.05, 4.69) is 30.6 Å². The van der Waals surface area contributed by atoms with Gasteiger partial charge in [-0.25, -0.2) is 14.6 Å². The number of carbonyl (C=O) groups excluding carboxylic acids is 3. The zero-order chi connectivity index (χ0) is 30.8. The summed E-state index contributed by atoms with van der Waals surface area (Å²) >= 11 is 3.18. The molecule has 0 radical (unpaired) electrons. The van der Waals surface area contributed by atoms with Gasteiger partial charge < -0.3 is 29.7 Å². The summed E-state index contributed by atoms with van der Waals surface area (Å²) in [5, 5.41) is 7.30. The molecule has 0 aliphatic carbocycles. The molecular weight excluding hydrogens is 608 g/mol. The number of halogens is 1. The Hall–Kier alpha value is -3.87. The van der Waals surface area contributed by atoms with Crippen LogP contribution in [0.4, 0.5) is 0 Å². The zero-order valence-electron chi connectivity index (χ0n) is 24.0. The molecule has 1 atom stereocenters. The first-order chi connectivity index (χ1) is 20.0. The fourth-order valence-electron chi connectivity index (χ4n) is 4.13. The van der Waals surface area contributed by atoms with Gasteiger partial charge >= 0.3 is 11.9 Å². The van der Waals surface area contributed by atoms with Gasteiger partial charge in [-0.05, 0) is 49.2 Å². The molecule has 3 aromatic rings. The number of aryl methyl sites for hydroxylation is 2. The molecule has 5 rings (SSSR count). The minimum absolute atomic E-state index is 0.0451. The van der Waals surface area contributed by atoms with Crippen molar-refractivity contribution in [1.82, 2.24) is 9.97 Å². The van der Waals surface area contributed by atoms with Gasteiger partial charge in [-0.15, -0.1) is 0 Å². The monoisotopic (exact) mass is 642 g/mol. The number of ether oxygens (including phenoxy) is 4. The van der Waals surface area contributed by atoms with E-state index in [1.165, 1.54) is 14.2 Å². The van der Waals surface area contributed by atoms with Crippen LogP contribution in [0, 0.1) is 19.3 Å². The summed E-state index contributed by atoms with van der Waals surface area (Å²) in [6, 6.07) is 10.4. The fraction of sp³-hybridized carbons (Fsp3) is 0.367. The smallest absolute Gasteiger partial charge is 0.337 e. The van der Waals surface area contributed by atoms with Crippen molar-refractivity contribution in [2.45, 2.75) is 38.1 Å². The topological polar surface area (TPSA) is 167 Å². The number of carbonyl (C=O) groups is 3. The van der Waals surface area contributed by atoms with Crippen molar-refractivity contribution in [1.29, 1.82) is 5.41 Å². The molecule has 1 fully saturated rings. The van der Waals surface area contributed by atoms with Crippen molar-refractivity contribution in [3.8, 4) is 11.4 Å². The number of esters is 2. The second kappa shape index (κ2) is 15.4.